The molecule has 0 spiro atoms. The number of carbonyl (C=O) groups excluding carboxylic acids is 1. The largest absolute Gasteiger partial charge is 0.457 e. The highest BCUT2D eigenvalue weighted by atomic mass is 16.6. The van der Waals surface area contributed by atoms with Crippen molar-refractivity contribution in [3.8, 4) is 17.4 Å². The number of hydrogen-bond acceptors (Lipinski definition) is 5. The van der Waals surface area contributed by atoms with Gasteiger partial charge in [-0.3, -0.25) is 14.9 Å². The molecule has 29 heavy (non-hydrogen) atoms. The van der Waals surface area contributed by atoms with Crippen LogP contribution in [0.25, 0.3) is 17.4 Å². The third kappa shape index (κ3) is 4.57. The number of aryl methyl sites for hydroxylation is 2. The maximum absolute atomic E-state index is 12.5. The zero-order valence-electron chi connectivity index (χ0n) is 15.8. The van der Waals surface area contributed by atoms with E-state index in [0.717, 1.165) is 11.1 Å². The van der Waals surface area contributed by atoms with Gasteiger partial charge in [0.25, 0.3) is 11.6 Å². The zero-order valence-corrected chi connectivity index (χ0v) is 15.8. The van der Waals surface area contributed by atoms with Crippen molar-refractivity contribution in [2.24, 2.45) is 0 Å². The second kappa shape index (κ2) is 8.23. The lowest BCUT2D eigenvalue weighted by atomic mass is 10.1. The van der Waals surface area contributed by atoms with Crippen LogP contribution >= 0.6 is 0 Å². The Morgan fingerprint density at radius 2 is 1.86 bits per heavy atom. The SMILES string of the molecule is Cc1ccc(NC(=O)C(C#N)=Cc2ccc(-c3ccc([N+](=O)[O-])cc3)o2)c(C)c1. The molecule has 144 valence electrons. The second-order valence-corrected chi connectivity index (χ2v) is 6.45. The number of amides is 1. The summed E-state index contributed by atoms with van der Waals surface area (Å²) in [7, 11) is 0. The fraction of sp³-hybridized carbons (Fsp3) is 0.0909. The number of non-ortho nitro benzene ring substituents is 1. The smallest absolute Gasteiger partial charge is 0.269 e. The fourth-order valence-electron chi connectivity index (χ4n) is 2.77. The quantitative estimate of drug-likeness (QED) is 0.286. The van der Waals surface area contributed by atoms with E-state index in [1.165, 1.54) is 18.2 Å². The molecule has 0 radical (unpaired) electrons. The lowest BCUT2D eigenvalue weighted by Gasteiger charge is -2.08. The summed E-state index contributed by atoms with van der Waals surface area (Å²) in [5.74, 6) is 0.261. The van der Waals surface area contributed by atoms with E-state index in [1.54, 1.807) is 30.3 Å². The summed E-state index contributed by atoms with van der Waals surface area (Å²) in [5.41, 5.74) is 3.13. The topological polar surface area (TPSA) is 109 Å². The molecular formula is C22H17N3O4. The predicted molar refractivity (Wildman–Crippen MR) is 109 cm³/mol. The van der Waals surface area contributed by atoms with Crippen LogP contribution in [0.5, 0.6) is 0 Å². The molecule has 1 aromatic heterocycles. The second-order valence-electron chi connectivity index (χ2n) is 6.45. The van der Waals surface area contributed by atoms with E-state index in [4.69, 9.17) is 4.42 Å². The van der Waals surface area contributed by atoms with Crippen LogP contribution in [0.2, 0.25) is 0 Å². The van der Waals surface area contributed by atoms with Crippen molar-refractivity contribution in [3.05, 3.63) is 87.2 Å². The molecule has 1 heterocycles. The molecule has 0 saturated carbocycles. The highest BCUT2D eigenvalue weighted by Crippen LogP contribution is 2.25. The number of nitriles is 1. The minimum atomic E-state index is -0.535. The summed E-state index contributed by atoms with van der Waals surface area (Å²) in [5, 5.41) is 22.8. The van der Waals surface area contributed by atoms with Crippen molar-refractivity contribution >= 4 is 23.4 Å². The number of nitrogens with one attached hydrogen (secondary N) is 1. The van der Waals surface area contributed by atoms with Crippen molar-refractivity contribution in [3.63, 3.8) is 0 Å². The number of rotatable bonds is 5. The lowest BCUT2D eigenvalue weighted by Crippen LogP contribution is -2.14. The Kier molecular flexibility index (Phi) is 5.56. The van der Waals surface area contributed by atoms with Gasteiger partial charge in [0.1, 0.15) is 23.2 Å². The predicted octanol–water partition coefficient (Wildman–Crippen LogP) is 5.02. The Bertz CT molecular complexity index is 1150. The van der Waals surface area contributed by atoms with E-state index in [9.17, 15) is 20.2 Å². The minimum Gasteiger partial charge on any atom is -0.457 e. The van der Waals surface area contributed by atoms with Crippen LogP contribution in [0.3, 0.4) is 0 Å². The maximum Gasteiger partial charge on any atom is 0.269 e. The first-order valence-electron chi connectivity index (χ1n) is 8.72. The van der Waals surface area contributed by atoms with Gasteiger partial charge in [-0.05, 0) is 49.7 Å². The molecular weight excluding hydrogens is 370 g/mol. The molecule has 0 unspecified atom stereocenters. The van der Waals surface area contributed by atoms with Gasteiger partial charge in [0.15, 0.2) is 0 Å². The summed E-state index contributed by atoms with van der Waals surface area (Å²) in [6.07, 6.45) is 1.35. The molecule has 3 aromatic rings. The molecule has 7 nitrogen and oxygen atoms in total. The van der Waals surface area contributed by atoms with Gasteiger partial charge in [-0.1, -0.05) is 17.7 Å². The summed E-state index contributed by atoms with van der Waals surface area (Å²) in [6, 6.07) is 16.7. The Balaban J connectivity index is 1.80. The first kappa shape index (κ1) is 19.6. The number of benzene rings is 2. The number of anilines is 1. The number of carbonyl (C=O) groups is 1. The molecule has 7 heteroatoms. The van der Waals surface area contributed by atoms with Gasteiger partial charge in [-0.25, -0.2) is 0 Å². The van der Waals surface area contributed by atoms with Crippen LogP contribution in [0.1, 0.15) is 16.9 Å². The molecule has 0 bridgehead atoms. The summed E-state index contributed by atoms with van der Waals surface area (Å²) >= 11 is 0. The normalized spacial score (nSPS) is 11.0. The minimum absolute atomic E-state index is 0.0183. The zero-order chi connectivity index (χ0) is 21.0. The molecule has 1 N–H and O–H groups in total. The van der Waals surface area contributed by atoms with E-state index in [0.29, 0.717) is 22.8 Å². The Morgan fingerprint density at radius 3 is 2.48 bits per heavy atom. The average molecular weight is 387 g/mol. The fourth-order valence-corrected chi connectivity index (χ4v) is 2.77. The van der Waals surface area contributed by atoms with Gasteiger partial charge in [-0.2, -0.15) is 5.26 Å². The van der Waals surface area contributed by atoms with Gasteiger partial charge in [0, 0.05) is 29.5 Å². The molecule has 0 fully saturated rings. The molecule has 1 amide bonds. The van der Waals surface area contributed by atoms with Gasteiger partial charge in [-0.15, -0.1) is 0 Å². The van der Waals surface area contributed by atoms with E-state index in [1.807, 2.05) is 32.0 Å². The van der Waals surface area contributed by atoms with Crippen molar-refractivity contribution in [2.45, 2.75) is 13.8 Å². The van der Waals surface area contributed by atoms with Crippen LogP contribution in [-0.4, -0.2) is 10.8 Å². The Hall–Kier alpha value is -4.18. The van der Waals surface area contributed by atoms with Crippen LogP contribution in [-0.2, 0) is 4.79 Å². The molecule has 3 rings (SSSR count). The highest BCUT2D eigenvalue weighted by Gasteiger charge is 2.13. The third-order valence-electron chi connectivity index (χ3n) is 4.27. The maximum atomic E-state index is 12.5. The number of furan rings is 1. The monoisotopic (exact) mass is 387 g/mol. The molecule has 0 aliphatic carbocycles. The van der Waals surface area contributed by atoms with E-state index in [-0.39, 0.29) is 11.3 Å². The van der Waals surface area contributed by atoms with Crippen LogP contribution in [0.4, 0.5) is 11.4 Å². The number of nitro groups is 1. The van der Waals surface area contributed by atoms with Crippen LogP contribution < -0.4 is 5.32 Å². The Morgan fingerprint density at radius 1 is 1.14 bits per heavy atom. The first-order chi connectivity index (χ1) is 13.9. The first-order valence-corrected chi connectivity index (χ1v) is 8.72. The molecule has 0 aliphatic rings. The van der Waals surface area contributed by atoms with Crippen molar-refractivity contribution in [2.75, 3.05) is 5.32 Å². The van der Waals surface area contributed by atoms with Crippen LogP contribution in [0.15, 0.2) is 64.6 Å². The van der Waals surface area contributed by atoms with Crippen molar-refractivity contribution < 1.29 is 14.1 Å². The molecule has 0 aliphatic heterocycles. The van der Waals surface area contributed by atoms with Crippen LogP contribution in [0, 0.1) is 35.3 Å². The average Bonchev–Trinajstić information content (AvgIpc) is 3.17. The molecule has 0 saturated heterocycles. The van der Waals surface area contributed by atoms with Crippen molar-refractivity contribution in [1.82, 2.24) is 0 Å². The van der Waals surface area contributed by atoms with Gasteiger partial charge in [0.05, 0.1) is 4.92 Å². The highest BCUT2D eigenvalue weighted by molar-refractivity contribution is 6.09. The number of nitro benzene ring substituents is 1. The van der Waals surface area contributed by atoms with E-state index < -0.39 is 10.8 Å². The van der Waals surface area contributed by atoms with Gasteiger partial charge in [0.2, 0.25) is 0 Å². The van der Waals surface area contributed by atoms with E-state index >= 15 is 0 Å². The van der Waals surface area contributed by atoms with E-state index in [2.05, 4.69) is 5.32 Å². The number of hydrogen-bond donors (Lipinski definition) is 1. The summed E-state index contributed by atoms with van der Waals surface area (Å²) in [6.45, 7) is 3.83. The molecule has 2 aromatic carbocycles. The standard InChI is InChI=1S/C22H17N3O4/c1-14-3-9-20(15(2)11-14)24-22(26)17(13-23)12-19-8-10-21(29-19)16-4-6-18(7-5-16)25(27)28/h3-12H,1-2H3,(H,24,26). The Labute approximate surface area is 167 Å². The van der Waals surface area contributed by atoms with Crippen molar-refractivity contribution in [1.29, 1.82) is 5.26 Å². The number of nitrogens with zero attached hydrogens (tertiary/aromatic N) is 2. The third-order valence-corrected chi connectivity index (χ3v) is 4.27. The molecule has 0 atom stereocenters. The summed E-state index contributed by atoms with van der Waals surface area (Å²) in [4.78, 5) is 22.7. The summed E-state index contributed by atoms with van der Waals surface area (Å²) < 4.78 is 5.66. The van der Waals surface area contributed by atoms with Gasteiger partial charge >= 0.3 is 0 Å². The lowest BCUT2D eigenvalue weighted by molar-refractivity contribution is -0.384. The van der Waals surface area contributed by atoms with Gasteiger partial charge < -0.3 is 9.73 Å².